The summed E-state index contributed by atoms with van der Waals surface area (Å²) in [7, 11) is 0. The zero-order valence-corrected chi connectivity index (χ0v) is 21.7. The molecule has 32 heavy (non-hydrogen) atoms. The van der Waals surface area contributed by atoms with E-state index in [9.17, 15) is 4.79 Å². The number of hydrogen-bond donors (Lipinski definition) is 3. The molecular formula is C25H23ClInN3O2. The van der Waals surface area contributed by atoms with Crippen molar-refractivity contribution in [2.24, 2.45) is 5.73 Å². The Balaban J connectivity index is 1.35. The fraction of sp³-hybridized carbons (Fsp3) is 0.0800. The Labute approximate surface area is 200 Å². The normalized spacial score (nSPS) is 12.8. The van der Waals surface area contributed by atoms with E-state index in [0.717, 1.165) is 33.8 Å². The predicted molar refractivity (Wildman–Crippen MR) is 133 cm³/mol. The van der Waals surface area contributed by atoms with Crippen LogP contribution in [-0.4, -0.2) is 31.8 Å². The van der Waals surface area contributed by atoms with Gasteiger partial charge in [0.05, 0.1) is 0 Å². The number of aryl methyl sites for hydroxylation is 1. The van der Waals surface area contributed by atoms with E-state index in [-0.39, 0.29) is 6.03 Å². The number of ether oxygens (including phenoxy) is 1. The number of carbonyl (C=O) groups is 1. The first-order valence-electron chi connectivity index (χ1n) is 10.3. The summed E-state index contributed by atoms with van der Waals surface area (Å²) in [6, 6.07) is 22.5. The summed E-state index contributed by atoms with van der Waals surface area (Å²) < 4.78 is 11.1. The summed E-state index contributed by atoms with van der Waals surface area (Å²) in [5, 5.41) is 6.39. The molecule has 0 unspecified atom stereocenters. The van der Waals surface area contributed by atoms with Crippen LogP contribution in [0.25, 0.3) is 5.57 Å². The predicted octanol–water partition coefficient (Wildman–Crippen LogP) is 5.72. The molecule has 0 saturated carbocycles. The molecule has 1 aliphatic heterocycles. The molecule has 3 aromatic rings. The van der Waals surface area contributed by atoms with E-state index >= 15 is 0 Å². The Morgan fingerprint density at radius 3 is 2.41 bits per heavy atom. The van der Waals surface area contributed by atoms with Gasteiger partial charge < -0.3 is 0 Å². The van der Waals surface area contributed by atoms with Crippen molar-refractivity contribution in [2.75, 3.05) is 15.0 Å². The molecule has 0 aliphatic carbocycles. The molecule has 2 amide bonds. The first-order chi connectivity index (χ1) is 15.5. The zero-order valence-electron chi connectivity index (χ0n) is 17.6. The van der Waals surface area contributed by atoms with Gasteiger partial charge >= 0.3 is 188 Å². The molecule has 4 rings (SSSR count). The fourth-order valence-electron chi connectivity index (χ4n) is 3.51. The number of hydrogen-bond acceptors (Lipinski definition) is 3. The Morgan fingerprint density at radius 2 is 1.69 bits per heavy atom. The van der Waals surface area contributed by atoms with Crippen molar-refractivity contribution in [3.63, 3.8) is 0 Å². The van der Waals surface area contributed by atoms with Crippen LogP contribution in [0.3, 0.4) is 0 Å². The van der Waals surface area contributed by atoms with Crippen LogP contribution in [0.4, 0.5) is 16.2 Å². The first kappa shape index (κ1) is 22.4. The summed E-state index contributed by atoms with van der Waals surface area (Å²) in [5.74, 6) is 0.819. The summed E-state index contributed by atoms with van der Waals surface area (Å²) in [5.41, 5.74) is 11.8. The molecule has 0 atom stereocenters. The Hall–Kier alpha value is -2.83. The standard InChI is InChI=1S/C18H17N3O.C7H6ClO.In/c1-12-5-4-6-17(11-12)21-18(22)20-16-9-7-15(8-10-16)13(2)14(3)19;1-9-7-4-2-6(8)3-5-7;/h2-11H,19H2,1H3,(H2,20,21,22);2-5H,1H2;. The van der Waals surface area contributed by atoms with Crippen molar-refractivity contribution >= 4 is 56.0 Å². The molecular weight excluding hydrogens is 525 g/mol. The van der Waals surface area contributed by atoms with Gasteiger partial charge in [-0.1, -0.05) is 6.07 Å². The Morgan fingerprint density at radius 1 is 0.969 bits per heavy atom. The summed E-state index contributed by atoms with van der Waals surface area (Å²) in [6.45, 7) is 1.98. The molecule has 0 bridgehead atoms. The number of carbonyl (C=O) groups excluding carboxylic acids is 1. The number of anilines is 2. The second-order valence-corrected chi connectivity index (χ2v) is 14.7. The third-order valence-corrected chi connectivity index (χ3v) is 11.3. The van der Waals surface area contributed by atoms with Crippen molar-refractivity contribution < 1.29 is 9.53 Å². The van der Waals surface area contributed by atoms with Gasteiger partial charge in [-0.25, -0.2) is 0 Å². The molecule has 1 heterocycles. The molecule has 3 aromatic carbocycles. The minimum absolute atomic E-state index is 0.279. The number of allylic oxidation sites excluding steroid dienone is 1. The van der Waals surface area contributed by atoms with E-state index in [1.165, 1.54) is 0 Å². The third-order valence-electron chi connectivity index (χ3n) is 5.07. The molecule has 0 radical (unpaired) electrons. The van der Waals surface area contributed by atoms with Crippen LogP contribution in [0.1, 0.15) is 11.1 Å². The monoisotopic (exact) mass is 547 g/mol. The van der Waals surface area contributed by atoms with Crippen LogP contribution in [0, 0.1) is 6.92 Å². The molecule has 7 heteroatoms. The van der Waals surface area contributed by atoms with Crippen LogP contribution < -0.4 is 21.1 Å². The molecule has 0 saturated heterocycles. The van der Waals surface area contributed by atoms with E-state index in [1.54, 1.807) is 0 Å². The van der Waals surface area contributed by atoms with Crippen molar-refractivity contribution in [1.29, 1.82) is 0 Å². The van der Waals surface area contributed by atoms with Crippen LogP contribution in [-0.2, 0) is 0 Å². The molecule has 5 nitrogen and oxygen atoms in total. The zero-order chi connectivity index (χ0) is 22.5. The van der Waals surface area contributed by atoms with Crippen molar-refractivity contribution in [2.45, 2.75) is 6.92 Å². The molecule has 4 N–H and O–H groups in total. The van der Waals surface area contributed by atoms with Crippen LogP contribution >= 0.6 is 11.6 Å². The molecule has 0 fully saturated rings. The Bertz CT molecular complexity index is 1170. The second-order valence-electron chi connectivity index (χ2n) is 7.66. The van der Waals surface area contributed by atoms with E-state index < -0.39 is 21.4 Å². The third kappa shape index (κ3) is 5.90. The number of nitrogens with two attached hydrogens (primary N) is 1. The van der Waals surface area contributed by atoms with Crippen molar-refractivity contribution in [3.8, 4) is 5.75 Å². The maximum absolute atomic E-state index is 12.3. The van der Waals surface area contributed by atoms with E-state index in [0.29, 0.717) is 15.1 Å². The van der Waals surface area contributed by atoms with Gasteiger partial charge in [-0.3, -0.25) is 0 Å². The summed E-state index contributed by atoms with van der Waals surface area (Å²) in [6.07, 6.45) is 0. The number of rotatable bonds is 6. The average Bonchev–Trinajstić information content (AvgIpc) is 3.14. The number of urea groups is 1. The second kappa shape index (κ2) is 10.2. The molecule has 0 aromatic heterocycles. The van der Waals surface area contributed by atoms with Crippen molar-refractivity contribution in [3.05, 3.63) is 102 Å². The average molecular weight is 548 g/mol. The van der Waals surface area contributed by atoms with Gasteiger partial charge in [-0.05, 0) is 6.92 Å². The van der Waals surface area contributed by atoms with Crippen LogP contribution in [0.2, 0.25) is 5.02 Å². The summed E-state index contributed by atoms with van der Waals surface area (Å²) in [4.78, 5) is 12.3. The number of nitrogens with one attached hydrogen (secondary N) is 2. The number of amides is 2. The first-order valence-corrected chi connectivity index (χ1v) is 16.8. The van der Waals surface area contributed by atoms with Crippen molar-refractivity contribution in [1.82, 2.24) is 0 Å². The number of benzene rings is 3. The van der Waals surface area contributed by atoms with Gasteiger partial charge in [0.25, 0.3) is 0 Å². The van der Waals surface area contributed by atoms with Crippen LogP contribution in [0.15, 0.2) is 86.2 Å². The SMILES string of the molecule is Cc1cccc(NC(=O)Nc2ccc(C3=[CH][In]([CH2]Oc4ccc(Cl)cc4)[CH]=C3N)cc2)c1. The van der Waals surface area contributed by atoms with Gasteiger partial charge in [0.2, 0.25) is 0 Å². The molecule has 1 aliphatic rings. The Kier molecular flexibility index (Phi) is 7.12. The topological polar surface area (TPSA) is 76.4 Å². The minimum atomic E-state index is -2.18. The van der Waals surface area contributed by atoms with Gasteiger partial charge in [-0.15, -0.1) is 0 Å². The quantitative estimate of drug-likeness (QED) is 0.369. The van der Waals surface area contributed by atoms with Crippen LogP contribution in [0.5, 0.6) is 5.75 Å². The molecule has 0 spiro atoms. The van der Waals surface area contributed by atoms with E-state index in [4.69, 9.17) is 22.1 Å². The fourth-order valence-corrected chi connectivity index (χ4v) is 9.71. The van der Waals surface area contributed by atoms with Gasteiger partial charge in [0.1, 0.15) is 0 Å². The van der Waals surface area contributed by atoms with Gasteiger partial charge in [-0.2, -0.15) is 0 Å². The number of halogens is 1. The summed E-state index contributed by atoms with van der Waals surface area (Å²) >= 11 is 3.74. The van der Waals surface area contributed by atoms with E-state index in [1.807, 2.05) is 79.7 Å². The molecule has 160 valence electrons. The van der Waals surface area contributed by atoms with Gasteiger partial charge in [0.15, 0.2) is 0 Å². The van der Waals surface area contributed by atoms with E-state index in [2.05, 4.69) is 18.3 Å². The maximum atomic E-state index is 12.3. The van der Waals surface area contributed by atoms with Gasteiger partial charge in [0, 0.05) is 0 Å².